The first kappa shape index (κ1) is 15.4. The lowest BCUT2D eigenvalue weighted by atomic mass is 9.91. The highest BCUT2D eigenvalue weighted by Gasteiger charge is 2.20. The van der Waals surface area contributed by atoms with E-state index in [-0.39, 0.29) is 6.04 Å². The van der Waals surface area contributed by atoms with Crippen LogP contribution in [-0.4, -0.2) is 6.54 Å². The maximum Gasteiger partial charge on any atom is 0.0643 e. The van der Waals surface area contributed by atoms with E-state index < -0.39 is 0 Å². The summed E-state index contributed by atoms with van der Waals surface area (Å²) < 4.78 is 0. The minimum atomic E-state index is 0.0624. The van der Waals surface area contributed by atoms with Gasteiger partial charge in [0.15, 0.2) is 0 Å². The fraction of sp³-hybridized carbons (Fsp3) is 0.294. The van der Waals surface area contributed by atoms with Gasteiger partial charge >= 0.3 is 0 Å². The first-order valence-corrected chi connectivity index (χ1v) is 7.55. The van der Waals surface area contributed by atoms with Crippen LogP contribution in [0.15, 0.2) is 36.4 Å². The van der Waals surface area contributed by atoms with Crippen molar-refractivity contribution in [2.45, 2.75) is 26.8 Å². The van der Waals surface area contributed by atoms with E-state index in [2.05, 4.69) is 44.3 Å². The van der Waals surface area contributed by atoms with E-state index in [0.717, 1.165) is 12.1 Å². The molecule has 0 amide bonds. The van der Waals surface area contributed by atoms with Gasteiger partial charge in [-0.3, -0.25) is 0 Å². The Morgan fingerprint density at radius 3 is 2.20 bits per heavy atom. The second-order valence-corrected chi connectivity index (χ2v) is 5.72. The zero-order valence-corrected chi connectivity index (χ0v) is 13.5. The Morgan fingerprint density at radius 1 is 1.00 bits per heavy atom. The fourth-order valence-electron chi connectivity index (χ4n) is 2.60. The number of benzene rings is 2. The monoisotopic (exact) mass is 307 g/mol. The molecule has 1 N–H and O–H groups in total. The van der Waals surface area contributed by atoms with Crippen molar-refractivity contribution in [3.8, 4) is 0 Å². The summed E-state index contributed by atoms with van der Waals surface area (Å²) in [5.41, 5.74) is 4.82. The summed E-state index contributed by atoms with van der Waals surface area (Å²) in [5, 5.41) is 4.75. The Kier molecular flexibility index (Phi) is 5.09. The molecule has 20 heavy (non-hydrogen) atoms. The Bertz CT molecular complexity index is 588. The molecule has 106 valence electrons. The summed E-state index contributed by atoms with van der Waals surface area (Å²) >= 11 is 12.6. The number of halogens is 2. The Labute approximate surface area is 130 Å². The summed E-state index contributed by atoms with van der Waals surface area (Å²) in [7, 11) is 0. The largest absolute Gasteiger partial charge is 0.306 e. The Hall–Kier alpha value is -1.02. The predicted octanol–water partition coefficient (Wildman–Crippen LogP) is 5.31. The molecule has 2 aromatic rings. The zero-order valence-electron chi connectivity index (χ0n) is 12.0. The number of aryl methyl sites for hydroxylation is 2. The normalized spacial score (nSPS) is 12.4. The van der Waals surface area contributed by atoms with Crippen molar-refractivity contribution < 1.29 is 0 Å². The van der Waals surface area contributed by atoms with Gasteiger partial charge in [0.2, 0.25) is 0 Å². The minimum Gasteiger partial charge on any atom is -0.306 e. The van der Waals surface area contributed by atoms with Gasteiger partial charge in [-0.15, -0.1) is 0 Å². The molecule has 0 aliphatic carbocycles. The standard InChI is InChI=1S/C17H19Cl2N/c1-4-20-17(13-9-6-10-14(18)16(13)19)15-11(2)7-5-8-12(15)3/h5-10,17,20H,4H2,1-3H3. The van der Waals surface area contributed by atoms with Crippen molar-refractivity contribution in [2.75, 3.05) is 6.54 Å². The lowest BCUT2D eigenvalue weighted by molar-refractivity contribution is 0.625. The predicted molar refractivity (Wildman–Crippen MR) is 87.9 cm³/mol. The molecule has 0 saturated carbocycles. The molecule has 1 atom stereocenters. The molecule has 0 aliphatic rings. The molecule has 0 radical (unpaired) electrons. The van der Waals surface area contributed by atoms with Gasteiger partial charge in [-0.2, -0.15) is 0 Å². The highest BCUT2D eigenvalue weighted by atomic mass is 35.5. The lowest BCUT2D eigenvalue weighted by Crippen LogP contribution is -2.24. The van der Waals surface area contributed by atoms with Crippen LogP contribution < -0.4 is 5.32 Å². The van der Waals surface area contributed by atoms with Gasteiger partial charge in [0.05, 0.1) is 16.1 Å². The second kappa shape index (κ2) is 6.62. The van der Waals surface area contributed by atoms with Crippen LogP contribution in [0.3, 0.4) is 0 Å². The van der Waals surface area contributed by atoms with Gasteiger partial charge in [0, 0.05) is 0 Å². The molecule has 2 aromatic carbocycles. The van der Waals surface area contributed by atoms with Crippen LogP contribution in [0.4, 0.5) is 0 Å². The molecule has 0 aromatic heterocycles. The third kappa shape index (κ3) is 3.01. The van der Waals surface area contributed by atoms with Gasteiger partial charge in [0.25, 0.3) is 0 Å². The summed E-state index contributed by atoms with van der Waals surface area (Å²) in [6.07, 6.45) is 0. The molecule has 0 aliphatic heterocycles. The Morgan fingerprint density at radius 2 is 1.60 bits per heavy atom. The van der Waals surface area contributed by atoms with Crippen LogP contribution in [0.25, 0.3) is 0 Å². The van der Waals surface area contributed by atoms with Crippen molar-refractivity contribution in [3.63, 3.8) is 0 Å². The van der Waals surface area contributed by atoms with Crippen molar-refractivity contribution >= 4 is 23.2 Å². The first-order valence-electron chi connectivity index (χ1n) is 6.79. The maximum absolute atomic E-state index is 6.41. The van der Waals surface area contributed by atoms with Crippen LogP contribution >= 0.6 is 23.2 Å². The first-order chi connectivity index (χ1) is 9.56. The summed E-state index contributed by atoms with van der Waals surface area (Å²) in [5.74, 6) is 0. The average molecular weight is 308 g/mol. The molecule has 0 spiro atoms. The van der Waals surface area contributed by atoms with Crippen molar-refractivity contribution in [2.24, 2.45) is 0 Å². The molecule has 0 heterocycles. The van der Waals surface area contributed by atoms with Gasteiger partial charge in [0.1, 0.15) is 0 Å². The third-order valence-corrected chi connectivity index (χ3v) is 4.37. The van der Waals surface area contributed by atoms with Gasteiger partial charge in [-0.25, -0.2) is 0 Å². The summed E-state index contributed by atoms with van der Waals surface area (Å²) in [4.78, 5) is 0. The summed E-state index contributed by atoms with van der Waals surface area (Å²) in [6, 6.07) is 12.2. The third-order valence-electron chi connectivity index (χ3n) is 3.53. The van der Waals surface area contributed by atoms with Crippen LogP contribution in [0.2, 0.25) is 10.0 Å². The zero-order chi connectivity index (χ0) is 14.7. The fourth-order valence-corrected chi connectivity index (χ4v) is 3.01. The summed E-state index contributed by atoms with van der Waals surface area (Å²) in [6.45, 7) is 7.22. The van der Waals surface area contributed by atoms with Crippen molar-refractivity contribution in [3.05, 3.63) is 68.7 Å². The topological polar surface area (TPSA) is 12.0 Å². The van der Waals surface area contributed by atoms with Crippen molar-refractivity contribution in [1.82, 2.24) is 5.32 Å². The quantitative estimate of drug-likeness (QED) is 0.807. The van der Waals surface area contributed by atoms with Crippen LogP contribution in [0, 0.1) is 13.8 Å². The number of rotatable bonds is 4. The SMILES string of the molecule is CCNC(c1cccc(Cl)c1Cl)c1c(C)cccc1C. The molecule has 0 saturated heterocycles. The maximum atomic E-state index is 6.41. The van der Waals surface area contributed by atoms with Gasteiger partial charge in [-0.05, 0) is 48.7 Å². The lowest BCUT2D eigenvalue weighted by Gasteiger charge is -2.24. The van der Waals surface area contributed by atoms with Crippen molar-refractivity contribution in [1.29, 1.82) is 0 Å². The molecule has 1 unspecified atom stereocenters. The van der Waals surface area contributed by atoms with Gasteiger partial charge in [-0.1, -0.05) is 60.5 Å². The van der Waals surface area contributed by atoms with Gasteiger partial charge < -0.3 is 5.32 Å². The number of hydrogen-bond acceptors (Lipinski definition) is 1. The molecule has 0 bridgehead atoms. The smallest absolute Gasteiger partial charge is 0.0643 e. The van der Waals surface area contributed by atoms with E-state index in [1.807, 2.05) is 18.2 Å². The number of hydrogen-bond donors (Lipinski definition) is 1. The molecule has 2 rings (SSSR count). The second-order valence-electron chi connectivity index (χ2n) is 4.94. The molecule has 3 heteroatoms. The number of nitrogens with one attached hydrogen (secondary N) is 1. The Balaban J connectivity index is 2.60. The van der Waals surface area contributed by atoms with Crippen LogP contribution in [0.5, 0.6) is 0 Å². The molecule has 0 fully saturated rings. The van der Waals surface area contributed by atoms with E-state index in [1.165, 1.54) is 16.7 Å². The minimum absolute atomic E-state index is 0.0624. The molecular weight excluding hydrogens is 289 g/mol. The van der Waals surface area contributed by atoms with Crippen LogP contribution in [-0.2, 0) is 0 Å². The highest BCUT2D eigenvalue weighted by Crippen LogP contribution is 2.35. The molecular formula is C17H19Cl2N. The van der Waals surface area contributed by atoms with E-state index in [1.54, 1.807) is 0 Å². The van der Waals surface area contributed by atoms with E-state index in [9.17, 15) is 0 Å². The average Bonchev–Trinajstić information content (AvgIpc) is 2.41. The molecule has 1 nitrogen and oxygen atoms in total. The van der Waals surface area contributed by atoms with E-state index in [4.69, 9.17) is 23.2 Å². The van der Waals surface area contributed by atoms with E-state index >= 15 is 0 Å². The highest BCUT2D eigenvalue weighted by molar-refractivity contribution is 6.42. The van der Waals surface area contributed by atoms with Crippen LogP contribution in [0.1, 0.15) is 35.2 Å². The van der Waals surface area contributed by atoms with E-state index in [0.29, 0.717) is 10.0 Å².